The molecule has 1 atom stereocenters. The van der Waals surface area contributed by atoms with Crippen LogP contribution < -0.4 is 10.9 Å². The summed E-state index contributed by atoms with van der Waals surface area (Å²) < 4.78 is 1.38. The molecule has 4 rings (SSSR count). The molecule has 4 aromatic rings. The first kappa shape index (κ1) is 17.6. The van der Waals surface area contributed by atoms with E-state index in [2.05, 4.69) is 63.9 Å². The molecule has 2 aromatic carbocycles. The molecule has 0 bridgehead atoms. The molecule has 0 aliphatic carbocycles. The van der Waals surface area contributed by atoms with E-state index in [1.165, 1.54) is 33.0 Å². The van der Waals surface area contributed by atoms with Crippen molar-refractivity contribution in [3.05, 3.63) is 98.9 Å². The van der Waals surface area contributed by atoms with Crippen LogP contribution in [0.1, 0.15) is 27.9 Å². The highest BCUT2D eigenvalue weighted by atomic mass is 32.1. The SMILES string of the molecule is Cc1cc(=O)n2nc(CN[C@@H](Cc3ccccc3)c3ccccc3)sc2n1. The molecular weight excluding hydrogens is 356 g/mol. The molecule has 0 amide bonds. The molecule has 6 heteroatoms. The summed E-state index contributed by atoms with van der Waals surface area (Å²) >= 11 is 1.45. The number of benzene rings is 2. The molecule has 0 aliphatic rings. The number of nitrogens with one attached hydrogen (secondary N) is 1. The Labute approximate surface area is 161 Å². The largest absolute Gasteiger partial charge is 0.303 e. The van der Waals surface area contributed by atoms with E-state index >= 15 is 0 Å². The maximum Gasteiger partial charge on any atom is 0.275 e. The zero-order valence-electron chi connectivity index (χ0n) is 15.0. The number of hydrogen-bond acceptors (Lipinski definition) is 5. The Kier molecular flexibility index (Phi) is 5.09. The van der Waals surface area contributed by atoms with Gasteiger partial charge in [-0.1, -0.05) is 72.0 Å². The van der Waals surface area contributed by atoms with Gasteiger partial charge in [-0.3, -0.25) is 4.79 Å². The maximum atomic E-state index is 12.1. The average Bonchev–Trinajstić information content (AvgIpc) is 3.10. The van der Waals surface area contributed by atoms with Gasteiger partial charge in [0.2, 0.25) is 4.96 Å². The summed E-state index contributed by atoms with van der Waals surface area (Å²) in [6.45, 7) is 2.41. The molecule has 136 valence electrons. The first-order valence-corrected chi connectivity index (χ1v) is 9.69. The summed E-state index contributed by atoms with van der Waals surface area (Å²) in [7, 11) is 0. The Morgan fingerprint density at radius 1 is 1.07 bits per heavy atom. The molecule has 0 saturated carbocycles. The van der Waals surface area contributed by atoms with Crippen molar-refractivity contribution < 1.29 is 0 Å². The van der Waals surface area contributed by atoms with Crippen LogP contribution in [-0.4, -0.2) is 14.6 Å². The highest BCUT2D eigenvalue weighted by molar-refractivity contribution is 7.16. The second kappa shape index (κ2) is 7.82. The fraction of sp³-hybridized carbons (Fsp3) is 0.190. The molecule has 2 aromatic heterocycles. The number of aromatic nitrogens is 3. The molecule has 5 nitrogen and oxygen atoms in total. The van der Waals surface area contributed by atoms with Crippen molar-refractivity contribution in [3.63, 3.8) is 0 Å². The monoisotopic (exact) mass is 376 g/mol. The van der Waals surface area contributed by atoms with Gasteiger partial charge in [0.1, 0.15) is 5.01 Å². The van der Waals surface area contributed by atoms with Crippen LogP contribution in [0.25, 0.3) is 4.96 Å². The molecule has 0 saturated heterocycles. The Bertz CT molecular complexity index is 1090. The van der Waals surface area contributed by atoms with Gasteiger partial charge in [0, 0.05) is 17.8 Å². The number of fused-ring (bicyclic) bond motifs is 1. The lowest BCUT2D eigenvalue weighted by molar-refractivity contribution is 0.526. The standard InChI is InChI=1S/C21H20N4OS/c1-15-12-20(26)25-21(23-15)27-19(24-25)14-22-18(17-10-6-3-7-11-17)13-16-8-4-2-5-9-16/h2-12,18,22H,13-14H2,1H3/t18-/m0/s1. The third-order valence-electron chi connectivity index (χ3n) is 4.40. The highest BCUT2D eigenvalue weighted by Crippen LogP contribution is 2.20. The molecule has 0 unspecified atom stereocenters. The van der Waals surface area contributed by atoms with Gasteiger partial charge in [0.15, 0.2) is 0 Å². The smallest absolute Gasteiger partial charge is 0.275 e. The van der Waals surface area contributed by atoms with Crippen LogP contribution in [0.3, 0.4) is 0 Å². The minimum absolute atomic E-state index is 0.135. The van der Waals surface area contributed by atoms with Crippen LogP contribution in [0, 0.1) is 6.92 Å². The second-order valence-corrected chi connectivity index (χ2v) is 7.50. The number of hydrogen-bond donors (Lipinski definition) is 1. The normalized spacial score (nSPS) is 12.3. The van der Waals surface area contributed by atoms with E-state index < -0.39 is 0 Å². The summed E-state index contributed by atoms with van der Waals surface area (Å²) in [5.74, 6) is 0. The molecule has 27 heavy (non-hydrogen) atoms. The molecular formula is C21H20N4OS. The van der Waals surface area contributed by atoms with Crippen molar-refractivity contribution in [2.24, 2.45) is 0 Å². The summed E-state index contributed by atoms with van der Waals surface area (Å²) in [5, 5.41) is 8.87. The lowest BCUT2D eigenvalue weighted by Gasteiger charge is -2.19. The summed E-state index contributed by atoms with van der Waals surface area (Å²) in [5.41, 5.74) is 3.09. The van der Waals surface area contributed by atoms with Crippen molar-refractivity contribution >= 4 is 16.3 Å². The number of aryl methyl sites for hydroxylation is 1. The molecule has 0 radical (unpaired) electrons. The zero-order chi connectivity index (χ0) is 18.6. The van der Waals surface area contributed by atoms with Crippen LogP contribution in [0.5, 0.6) is 0 Å². The third kappa shape index (κ3) is 4.13. The predicted molar refractivity (Wildman–Crippen MR) is 108 cm³/mol. The Balaban J connectivity index is 1.57. The number of nitrogens with zero attached hydrogens (tertiary/aromatic N) is 3. The molecule has 2 heterocycles. The van der Waals surface area contributed by atoms with E-state index in [0.29, 0.717) is 11.5 Å². The Morgan fingerprint density at radius 3 is 2.52 bits per heavy atom. The Morgan fingerprint density at radius 2 is 1.78 bits per heavy atom. The first-order chi connectivity index (χ1) is 13.2. The first-order valence-electron chi connectivity index (χ1n) is 8.88. The van der Waals surface area contributed by atoms with Crippen molar-refractivity contribution in [2.45, 2.75) is 25.9 Å². The summed E-state index contributed by atoms with van der Waals surface area (Å²) in [6, 6.07) is 22.5. The van der Waals surface area contributed by atoms with Crippen molar-refractivity contribution in [1.29, 1.82) is 0 Å². The lowest BCUT2D eigenvalue weighted by atomic mass is 9.99. The van der Waals surface area contributed by atoms with Crippen LogP contribution >= 0.6 is 11.3 Å². The van der Waals surface area contributed by atoms with Crippen LogP contribution in [0.2, 0.25) is 0 Å². The van der Waals surface area contributed by atoms with Gasteiger partial charge in [0.05, 0.1) is 6.54 Å². The Hall–Kier alpha value is -2.83. The van der Waals surface area contributed by atoms with Crippen LogP contribution in [-0.2, 0) is 13.0 Å². The predicted octanol–water partition coefficient (Wildman–Crippen LogP) is 3.53. The number of rotatable bonds is 6. The summed E-state index contributed by atoms with van der Waals surface area (Å²) in [6.07, 6.45) is 0.882. The van der Waals surface area contributed by atoms with E-state index in [9.17, 15) is 4.79 Å². The van der Waals surface area contributed by atoms with Gasteiger partial charge in [-0.05, 0) is 24.5 Å². The molecule has 0 fully saturated rings. The van der Waals surface area contributed by atoms with Gasteiger partial charge < -0.3 is 5.32 Å². The minimum Gasteiger partial charge on any atom is -0.303 e. The van der Waals surface area contributed by atoms with Crippen molar-refractivity contribution in [2.75, 3.05) is 0 Å². The van der Waals surface area contributed by atoms with E-state index in [-0.39, 0.29) is 11.6 Å². The lowest BCUT2D eigenvalue weighted by Crippen LogP contribution is -2.23. The van der Waals surface area contributed by atoms with E-state index in [4.69, 9.17) is 0 Å². The third-order valence-corrected chi connectivity index (χ3v) is 5.31. The fourth-order valence-corrected chi connectivity index (χ4v) is 3.98. The fourth-order valence-electron chi connectivity index (χ4n) is 3.08. The van der Waals surface area contributed by atoms with Gasteiger partial charge in [-0.25, -0.2) is 4.98 Å². The molecule has 0 spiro atoms. The highest BCUT2D eigenvalue weighted by Gasteiger charge is 2.14. The van der Waals surface area contributed by atoms with Gasteiger partial charge in [-0.2, -0.15) is 9.61 Å². The van der Waals surface area contributed by atoms with Gasteiger partial charge in [-0.15, -0.1) is 0 Å². The molecule has 0 aliphatic heterocycles. The van der Waals surface area contributed by atoms with Gasteiger partial charge in [0.25, 0.3) is 5.56 Å². The van der Waals surface area contributed by atoms with E-state index in [0.717, 1.165) is 17.1 Å². The minimum atomic E-state index is -0.135. The van der Waals surface area contributed by atoms with Crippen molar-refractivity contribution in [1.82, 2.24) is 19.9 Å². The van der Waals surface area contributed by atoms with Crippen LogP contribution in [0.15, 0.2) is 71.5 Å². The summed E-state index contributed by atoms with van der Waals surface area (Å²) in [4.78, 5) is 17.1. The van der Waals surface area contributed by atoms with E-state index in [1.807, 2.05) is 19.1 Å². The van der Waals surface area contributed by atoms with E-state index in [1.54, 1.807) is 0 Å². The zero-order valence-corrected chi connectivity index (χ0v) is 15.8. The van der Waals surface area contributed by atoms with Gasteiger partial charge >= 0.3 is 0 Å². The van der Waals surface area contributed by atoms with Crippen molar-refractivity contribution in [3.8, 4) is 0 Å². The van der Waals surface area contributed by atoms with Crippen LogP contribution in [0.4, 0.5) is 0 Å². The average molecular weight is 376 g/mol. The quantitative estimate of drug-likeness (QED) is 0.559. The topological polar surface area (TPSA) is 59.3 Å². The molecule has 1 N–H and O–H groups in total. The maximum absolute atomic E-state index is 12.1. The second-order valence-electron chi connectivity index (χ2n) is 6.46.